The van der Waals surface area contributed by atoms with E-state index in [0.717, 1.165) is 44.2 Å². The van der Waals surface area contributed by atoms with Gasteiger partial charge in [-0.1, -0.05) is 107 Å². The van der Waals surface area contributed by atoms with Gasteiger partial charge < -0.3 is 10.2 Å². The molecule has 0 aliphatic carbocycles. The van der Waals surface area contributed by atoms with Gasteiger partial charge in [0.25, 0.3) is 0 Å². The Morgan fingerprint density at radius 1 is 0.476 bits per heavy atom. The third-order valence-electron chi connectivity index (χ3n) is 7.84. The van der Waals surface area contributed by atoms with Gasteiger partial charge in [-0.3, -0.25) is 0 Å². The maximum Gasteiger partial charge on any atom is 0.336 e. The molecule has 0 saturated carbocycles. The topological polar surface area (TPSA) is 74.6 Å². The molecule has 0 aliphatic heterocycles. The van der Waals surface area contributed by atoms with Crippen molar-refractivity contribution in [1.29, 1.82) is 0 Å². The molecule has 0 bridgehead atoms. The van der Waals surface area contributed by atoms with Gasteiger partial charge in [-0.05, 0) is 83.6 Å². The van der Waals surface area contributed by atoms with Gasteiger partial charge in [0.05, 0.1) is 11.1 Å². The molecule has 0 radical (unpaired) electrons. The van der Waals surface area contributed by atoms with Crippen LogP contribution in [0.1, 0.15) is 43.0 Å². The van der Waals surface area contributed by atoms with E-state index in [0.29, 0.717) is 33.0 Å². The van der Waals surface area contributed by atoms with Crippen LogP contribution in [0.3, 0.4) is 0 Å². The Labute approximate surface area is 244 Å². The molecule has 206 valence electrons. The average Bonchev–Trinajstić information content (AvgIpc) is 2.94. The highest BCUT2D eigenvalue weighted by Gasteiger charge is 2.29. The van der Waals surface area contributed by atoms with Crippen molar-refractivity contribution >= 4 is 33.5 Å². The minimum atomic E-state index is -1.11. The zero-order chi connectivity index (χ0) is 29.7. The van der Waals surface area contributed by atoms with Crippen molar-refractivity contribution < 1.29 is 19.8 Å². The first-order chi connectivity index (χ1) is 20.1. The van der Waals surface area contributed by atoms with Crippen LogP contribution in [-0.2, 0) is 0 Å². The van der Waals surface area contributed by atoms with Crippen LogP contribution in [0.2, 0.25) is 0 Å². The third-order valence-corrected chi connectivity index (χ3v) is 7.84. The first kappa shape index (κ1) is 27.0. The van der Waals surface area contributed by atoms with Crippen LogP contribution in [0, 0.1) is 27.7 Å². The maximum atomic E-state index is 13.3. The van der Waals surface area contributed by atoms with Crippen molar-refractivity contribution in [2.45, 2.75) is 27.7 Å². The Bertz CT molecular complexity index is 1890. The fourth-order valence-corrected chi connectivity index (χ4v) is 6.37. The van der Waals surface area contributed by atoms with Crippen molar-refractivity contribution in [1.82, 2.24) is 0 Å². The van der Waals surface area contributed by atoms with Gasteiger partial charge in [0.15, 0.2) is 0 Å². The molecule has 4 heteroatoms. The monoisotopic (exact) mass is 550 g/mol. The normalized spacial score (nSPS) is 11.2. The third kappa shape index (κ3) is 4.61. The number of hydrogen-bond acceptors (Lipinski definition) is 2. The zero-order valence-electron chi connectivity index (χ0n) is 23.9. The van der Waals surface area contributed by atoms with Crippen LogP contribution in [0.15, 0.2) is 97.1 Å². The zero-order valence-corrected chi connectivity index (χ0v) is 23.9. The number of carboxylic acids is 2. The molecule has 0 saturated heterocycles. The lowest BCUT2D eigenvalue weighted by atomic mass is 9.81. The molecule has 0 unspecified atom stereocenters. The largest absolute Gasteiger partial charge is 0.478 e. The van der Waals surface area contributed by atoms with Crippen molar-refractivity contribution in [2.75, 3.05) is 0 Å². The lowest BCUT2D eigenvalue weighted by Crippen LogP contribution is -2.09. The number of rotatable bonds is 5. The molecule has 0 fully saturated rings. The van der Waals surface area contributed by atoms with Crippen LogP contribution >= 0.6 is 0 Å². The maximum absolute atomic E-state index is 13.3. The summed E-state index contributed by atoms with van der Waals surface area (Å²) < 4.78 is 0. The smallest absolute Gasteiger partial charge is 0.336 e. The van der Waals surface area contributed by atoms with Crippen molar-refractivity contribution in [2.24, 2.45) is 0 Å². The lowest BCUT2D eigenvalue weighted by molar-refractivity contribution is 0.0685. The molecule has 0 aliphatic rings. The molecule has 2 N–H and O–H groups in total. The van der Waals surface area contributed by atoms with Gasteiger partial charge in [-0.15, -0.1) is 0 Å². The molecule has 4 nitrogen and oxygen atoms in total. The van der Waals surface area contributed by atoms with Crippen LogP contribution in [0.4, 0.5) is 0 Å². The lowest BCUT2D eigenvalue weighted by Gasteiger charge is -2.22. The van der Waals surface area contributed by atoms with E-state index in [1.54, 1.807) is 0 Å². The molecule has 0 heterocycles. The minimum absolute atomic E-state index is 0.0870. The summed E-state index contributed by atoms with van der Waals surface area (Å²) in [7, 11) is 0. The predicted molar refractivity (Wildman–Crippen MR) is 171 cm³/mol. The molecular formula is C38H30O4. The Morgan fingerprint density at radius 3 is 1.14 bits per heavy atom. The summed E-state index contributed by atoms with van der Waals surface area (Å²) in [6.45, 7) is 7.95. The Kier molecular flexibility index (Phi) is 6.62. The Balaban J connectivity index is 1.88. The molecule has 0 aromatic heterocycles. The quantitative estimate of drug-likeness (QED) is 0.224. The van der Waals surface area contributed by atoms with E-state index in [1.165, 1.54) is 0 Å². The van der Waals surface area contributed by atoms with Crippen LogP contribution in [-0.4, -0.2) is 22.2 Å². The average molecular weight is 551 g/mol. The van der Waals surface area contributed by atoms with Crippen LogP contribution in [0.5, 0.6) is 0 Å². The fourth-order valence-electron chi connectivity index (χ4n) is 6.37. The second-order valence-corrected chi connectivity index (χ2v) is 11.2. The van der Waals surface area contributed by atoms with E-state index in [2.05, 4.69) is 12.1 Å². The highest BCUT2D eigenvalue weighted by atomic mass is 16.4. The van der Waals surface area contributed by atoms with Crippen molar-refractivity contribution in [3.63, 3.8) is 0 Å². The number of hydrogen-bond donors (Lipinski definition) is 2. The minimum Gasteiger partial charge on any atom is -0.478 e. The molecule has 42 heavy (non-hydrogen) atoms. The van der Waals surface area contributed by atoms with E-state index in [-0.39, 0.29) is 11.1 Å². The Morgan fingerprint density at radius 2 is 0.810 bits per heavy atom. The van der Waals surface area contributed by atoms with Gasteiger partial charge in [-0.2, -0.15) is 0 Å². The van der Waals surface area contributed by atoms with E-state index in [9.17, 15) is 19.8 Å². The number of aryl methyl sites for hydroxylation is 4. The van der Waals surface area contributed by atoms with Crippen LogP contribution < -0.4 is 0 Å². The molecule has 0 atom stereocenters. The van der Waals surface area contributed by atoms with Gasteiger partial charge in [-0.25, -0.2) is 9.59 Å². The van der Waals surface area contributed by atoms with E-state index < -0.39 is 11.9 Å². The molecule has 0 spiro atoms. The summed E-state index contributed by atoms with van der Waals surface area (Å²) in [4.78, 5) is 26.6. The first-order valence-electron chi connectivity index (χ1n) is 13.9. The second-order valence-electron chi connectivity index (χ2n) is 11.2. The number of carbonyl (C=O) groups is 2. The van der Waals surface area contributed by atoms with E-state index in [4.69, 9.17) is 0 Å². The van der Waals surface area contributed by atoms with Crippen molar-refractivity contribution in [3.8, 4) is 33.4 Å². The van der Waals surface area contributed by atoms with E-state index >= 15 is 0 Å². The van der Waals surface area contributed by atoms with Gasteiger partial charge >= 0.3 is 11.9 Å². The van der Waals surface area contributed by atoms with Gasteiger partial charge in [0.1, 0.15) is 0 Å². The summed E-state index contributed by atoms with van der Waals surface area (Å²) in [5, 5.41) is 24.8. The predicted octanol–water partition coefficient (Wildman–Crippen LogP) is 9.62. The number of aromatic carboxylic acids is 2. The number of carboxylic acid groups (broad SMARTS) is 2. The van der Waals surface area contributed by atoms with Gasteiger partial charge in [0.2, 0.25) is 0 Å². The Hall–Kier alpha value is -5.22. The number of fused-ring (bicyclic) bond motifs is 2. The molecule has 6 aromatic rings. The number of benzene rings is 6. The highest BCUT2D eigenvalue weighted by Crippen LogP contribution is 2.46. The fraction of sp³-hybridized carbons (Fsp3) is 0.105. The summed E-state index contributed by atoms with van der Waals surface area (Å²) in [5.41, 5.74) is 7.74. The SMILES string of the molecule is Cc1cc(C)cc(-c2cc3ccccc3c(-c3c(C(=O)O)c(-c4cc(C)cc(C)c4)cc4ccccc34)c2C(=O)O)c1. The summed E-state index contributed by atoms with van der Waals surface area (Å²) in [6, 6.07) is 31.1. The molecule has 0 amide bonds. The molecule has 6 rings (SSSR count). The summed E-state index contributed by atoms with van der Waals surface area (Å²) in [6.07, 6.45) is 0. The van der Waals surface area contributed by atoms with E-state index in [1.807, 2.05) is 113 Å². The summed E-state index contributed by atoms with van der Waals surface area (Å²) in [5.74, 6) is -2.22. The molecular weight excluding hydrogens is 520 g/mol. The highest BCUT2D eigenvalue weighted by molar-refractivity contribution is 6.21. The van der Waals surface area contributed by atoms with Gasteiger partial charge in [0, 0.05) is 11.1 Å². The standard InChI is InChI=1S/C38H30O4/c1-21-13-22(2)16-27(15-21)31-19-25-9-5-7-11-29(25)33(35(31)37(39)40)34-30-12-8-6-10-26(30)20-32(36(34)38(41)42)28-17-23(3)14-24(4)18-28/h5-20H,1-4H3,(H,39,40)(H,41,42). The second kappa shape index (κ2) is 10.3. The van der Waals surface area contributed by atoms with Crippen molar-refractivity contribution in [3.05, 3.63) is 130 Å². The summed E-state index contributed by atoms with van der Waals surface area (Å²) >= 11 is 0. The first-order valence-corrected chi connectivity index (χ1v) is 13.9. The molecule has 6 aromatic carbocycles. The van der Waals surface area contributed by atoms with Crippen LogP contribution in [0.25, 0.3) is 54.9 Å².